The Morgan fingerprint density at radius 3 is 2.80 bits per heavy atom. The van der Waals surface area contributed by atoms with Crippen LogP contribution >= 0.6 is 22.9 Å². The standard InChI is InChI=1S/C4H4ClNO2S2/c5-3-1-2-4(9-3)6-10(7)8/h1-2,6H,(H,7,8). The number of nitrogens with one attached hydrogen (secondary N) is 1. The molecule has 0 amide bonds. The van der Waals surface area contributed by atoms with E-state index in [9.17, 15) is 4.21 Å². The Morgan fingerprint density at radius 2 is 2.40 bits per heavy atom. The molecule has 2 N–H and O–H groups in total. The summed E-state index contributed by atoms with van der Waals surface area (Å²) >= 11 is 4.76. The second-order valence-electron chi connectivity index (χ2n) is 1.45. The number of thiophene rings is 1. The summed E-state index contributed by atoms with van der Waals surface area (Å²) in [6, 6.07) is 3.29. The first-order valence-electron chi connectivity index (χ1n) is 2.31. The van der Waals surface area contributed by atoms with Crippen molar-refractivity contribution in [2.24, 2.45) is 0 Å². The van der Waals surface area contributed by atoms with E-state index in [4.69, 9.17) is 16.2 Å². The Bertz CT molecular complexity index is 249. The van der Waals surface area contributed by atoms with Gasteiger partial charge in [0.15, 0.2) is 0 Å². The predicted octanol–water partition coefficient (Wildman–Crippen LogP) is 1.95. The lowest BCUT2D eigenvalue weighted by Gasteiger charge is -1.92. The van der Waals surface area contributed by atoms with Crippen molar-refractivity contribution in [1.29, 1.82) is 0 Å². The van der Waals surface area contributed by atoms with Gasteiger partial charge in [-0.2, -0.15) is 0 Å². The van der Waals surface area contributed by atoms with Gasteiger partial charge in [-0.25, -0.2) is 4.21 Å². The fourth-order valence-corrected chi connectivity index (χ4v) is 1.87. The second kappa shape index (κ2) is 3.34. The maximum absolute atomic E-state index is 10.1. The molecule has 1 aromatic heterocycles. The van der Waals surface area contributed by atoms with Crippen molar-refractivity contribution in [3.8, 4) is 0 Å². The van der Waals surface area contributed by atoms with Crippen LogP contribution in [0, 0.1) is 0 Å². The van der Waals surface area contributed by atoms with Gasteiger partial charge in [-0.3, -0.25) is 9.27 Å². The van der Waals surface area contributed by atoms with Crippen molar-refractivity contribution in [3.63, 3.8) is 0 Å². The molecule has 0 aliphatic carbocycles. The van der Waals surface area contributed by atoms with E-state index in [1.165, 1.54) is 11.3 Å². The summed E-state index contributed by atoms with van der Waals surface area (Å²) in [5.41, 5.74) is 0. The summed E-state index contributed by atoms with van der Waals surface area (Å²) in [7, 11) is 0. The monoisotopic (exact) mass is 197 g/mol. The topological polar surface area (TPSA) is 49.3 Å². The summed E-state index contributed by atoms with van der Waals surface area (Å²) in [5.74, 6) is 0. The molecule has 1 unspecified atom stereocenters. The van der Waals surface area contributed by atoms with Crippen LogP contribution in [0.2, 0.25) is 4.34 Å². The maximum Gasteiger partial charge on any atom is 0.259 e. The zero-order valence-electron chi connectivity index (χ0n) is 4.70. The van der Waals surface area contributed by atoms with Crippen molar-refractivity contribution in [3.05, 3.63) is 16.5 Å². The van der Waals surface area contributed by atoms with Crippen LogP contribution in [0.1, 0.15) is 0 Å². The van der Waals surface area contributed by atoms with E-state index in [0.717, 1.165) is 0 Å². The third kappa shape index (κ3) is 2.26. The SMILES string of the molecule is O=S(O)Nc1ccc(Cl)s1. The van der Waals surface area contributed by atoms with Crippen LogP contribution in [0.5, 0.6) is 0 Å². The molecular weight excluding hydrogens is 194 g/mol. The van der Waals surface area contributed by atoms with Gasteiger partial charge in [0.05, 0.1) is 4.34 Å². The molecule has 10 heavy (non-hydrogen) atoms. The third-order valence-electron chi connectivity index (χ3n) is 0.761. The lowest BCUT2D eigenvalue weighted by molar-refractivity contribution is 0.570. The van der Waals surface area contributed by atoms with Crippen LogP contribution in [0.15, 0.2) is 12.1 Å². The summed E-state index contributed by atoms with van der Waals surface area (Å²) < 4.78 is 21.4. The van der Waals surface area contributed by atoms with Crippen LogP contribution in [0.25, 0.3) is 0 Å². The third-order valence-corrected chi connectivity index (χ3v) is 2.43. The van der Waals surface area contributed by atoms with Gasteiger partial charge in [0.25, 0.3) is 11.3 Å². The van der Waals surface area contributed by atoms with Crippen LogP contribution in [0.4, 0.5) is 5.00 Å². The normalized spacial score (nSPS) is 13.0. The molecule has 0 aliphatic rings. The van der Waals surface area contributed by atoms with Gasteiger partial charge in [0.1, 0.15) is 5.00 Å². The Kier molecular flexibility index (Phi) is 2.67. The summed E-state index contributed by atoms with van der Waals surface area (Å²) in [5, 5.41) is 0.589. The van der Waals surface area contributed by atoms with Crippen molar-refractivity contribution in [2.45, 2.75) is 0 Å². The average molecular weight is 198 g/mol. The maximum atomic E-state index is 10.1. The average Bonchev–Trinajstić information content (AvgIpc) is 2.13. The summed E-state index contributed by atoms with van der Waals surface area (Å²) in [6.07, 6.45) is 0. The van der Waals surface area contributed by atoms with Gasteiger partial charge in [-0.15, -0.1) is 11.3 Å². The molecule has 1 heterocycles. The Hall–Kier alpha value is -0.100. The van der Waals surface area contributed by atoms with E-state index >= 15 is 0 Å². The van der Waals surface area contributed by atoms with Gasteiger partial charge in [0, 0.05) is 0 Å². The molecule has 0 saturated carbocycles. The molecule has 0 saturated heterocycles. The lowest BCUT2D eigenvalue weighted by atomic mass is 10.6. The van der Waals surface area contributed by atoms with Gasteiger partial charge in [0.2, 0.25) is 0 Å². The van der Waals surface area contributed by atoms with Crippen LogP contribution < -0.4 is 4.72 Å². The molecule has 0 aromatic carbocycles. The number of anilines is 1. The molecule has 1 rings (SSSR count). The van der Waals surface area contributed by atoms with E-state index in [1.54, 1.807) is 12.1 Å². The largest absolute Gasteiger partial charge is 0.289 e. The van der Waals surface area contributed by atoms with Gasteiger partial charge < -0.3 is 0 Å². The fourth-order valence-electron chi connectivity index (χ4n) is 0.455. The number of rotatable bonds is 2. The molecule has 0 spiro atoms. The molecule has 0 aliphatic heterocycles. The Morgan fingerprint density at radius 1 is 1.70 bits per heavy atom. The van der Waals surface area contributed by atoms with Crippen LogP contribution in [-0.2, 0) is 11.3 Å². The van der Waals surface area contributed by atoms with Crippen molar-refractivity contribution in [2.75, 3.05) is 4.72 Å². The summed E-state index contributed by atoms with van der Waals surface area (Å²) in [4.78, 5) is 0. The first-order valence-corrected chi connectivity index (χ1v) is 4.61. The van der Waals surface area contributed by atoms with E-state index in [1.807, 2.05) is 0 Å². The highest BCUT2D eigenvalue weighted by atomic mass is 35.5. The summed E-state index contributed by atoms with van der Waals surface area (Å²) in [6.45, 7) is 0. The highest BCUT2D eigenvalue weighted by molar-refractivity contribution is 7.80. The highest BCUT2D eigenvalue weighted by Gasteiger charge is 1.97. The zero-order valence-corrected chi connectivity index (χ0v) is 7.09. The minimum atomic E-state index is -2.00. The van der Waals surface area contributed by atoms with Gasteiger partial charge in [-0.1, -0.05) is 11.6 Å². The molecule has 1 atom stereocenters. The highest BCUT2D eigenvalue weighted by Crippen LogP contribution is 2.25. The van der Waals surface area contributed by atoms with E-state index < -0.39 is 11.3 Å². The number of halogens is 1. The molecular formula is C4H4ClNO2S2. The quantitative estimate of drug-likeness (QED) is 0.712. The van der Waals surface area contributed by atoms with Crippen molar-refractivity contribution >= 4 is 39.2 Å². The van der Waals surface area contributed by atoms with Gasteiger partial charge >= 0.3 is 0 Å². The first kappa shape index (κ1) is 8.00. The Labute approximate surface area is 69.4 Å². The molecule has 0 fully saturated rings. The number of hydrogen-bond acceptors (Lipinski definition) is 2. The molecule has 0 radical (unpaired) electrons. The predicted molar refractivity (Wildman–Crippen MR) is 43.7 cm³/mol. The fraction of sp³-hybridized carbons (Fsp3) is 0. The molecule has 56 valence electrons. The molecule has 0 bridgehead atoms. The van der Waals surface area contributed by atoms with E-state index in [2.05, 4.69) is 4.72 Å². The first-order chi connectivity index (χ1) is 4.68. The van der Waals surface area contributed by atoms with Crippen LogP contribution in [-0.4, -0.2) is 8.76 Å². The van der Waals surface area contributed by atoms with Crippen LogP contribution in [0.3, 0.4) is 0 Å². The molecule has 3 nitrogen and oxygen atoms in total. The van der Waals surface area contributed by atoms with Crippen molar-refractivity contribution in [1.82, 2.24) is 0 Å². The minimum Gasteiger partial charge on any atom is -0.289 e. The molecule has 1 aromatic rings. The smallest absolute Gasteiger partial charge is 0.259 e. The van der Waals surface area contributed by atoms with Gasteiger partial charge in [-0.05, 0) is 12.1 Å². The second-order valence-corrected chi connectivity index (χ2v) is 3.87. The molecule has 6 heteroatoms. The zero-order chi connectivity index (χ0) is 7.56. The van der Waals surface area contributed by atoms with Crippen molar-refractivity contribution < 1.29 is 8.76 Å². The minimum absolute atomic E-state index is 0.589. The Balaban J connectivity index is 2.67. The number of hydrogen-bond donors (Lipinski definition) is 2. The van der Waals surface area contributed by atoms with E-state index in [-0.39, 0.29) is 0 Å². The lowest BCUT2D eigenvalue weighted by Crippen LogP contribution is -1.98. The van der Waals surface area contributed by atoms with E-state index in [0.29, 0.717) is 9.34 Å².